The molecule has 1 aliphatic heterocycles. The Labute approximate surface area is 110 Å². The monoisotopic (exact) mass is 257 g/mol. The van der Waals surface area contributed by atoms with Crippen LogP contribution in [0.1, 0.15) is 44.9 Å². The summed E-state index contributed by atoms with van der Waals surface area (Å²) in [6.45, 7) is 3.29. The fourth-order valence-electron chi connectivity index (χ4n) is 3.33. The van der Waals surface area contributed by atoms with Crippen LogP contribution < -0.4 is 0 Å². The molecule has 1 atom stereocenters. The summed E-state index contributed by atoms with van der Waals surface area (Å²) < 4.78 is 0. The molecule has 2 rings (SSSR count). The van der Waals surface area contributed by atoms with Gasteiger partial charge in [0, 0.05) is 11.8 Å². The molecule has 0 aromatic carbocycles. The summed E-state index contributed by atoms with van der Waals surface area (Å²) in [7, 11) is 0. The summed E-state index contributed by atoms with van der Waals surface area (Å²) >= 11 is 2.00. The first-order valence-corrected chi connectivity index (χ1v) is 8.50. The van der Waals surface area contributed by atoms with E-state index in [1.54, 1.807) is 0 Å². The molecule has 1 heterocycles. The van der Waals surface area contributed by atoms with E-state index in [0.717, 1.165) is 24.1 Å². The van der Waals surface area contributed by atoms with E-state index in [0.29, 0.717) is 0 Å². The number of hydrogen-bond acceptors (Lipinski definition) is 3. The van der Waals surface area contributed by atoms with E-state index in [1.165, 1.54) is 51.6 Å². The van der Waals surface area contributed by atoms with Crippen molar-refractivity contribution in [3.05, 3.63) is 0 Å². The van der Waals surface area contributed by atoms with Gasteiger partial charge >= 0.3 is 0 Å². The number of piperidine rings is 1. The normalized spacial score (nSPS) is 26.5. The van der Waals surface area contributed by atoms with E-state index < -0.39 is 0 Å². The third-order valence-electron chi connectivity index (χ3n) is 4.42. The van der Waals surface area contributed by atoms with Gasteiger partial charge in [0.05, 0.1) is 6.10 Å². The molecule has 1 aliphatic carbocycles. The quantitative estimate of drug-likeness (QED) is 0.819. The molecule has 0 amide bonds. The van der Waals surface area contributed by atoms with Gasteiger partial charge in [0.15, 0.2) is 0 Å². The Balaban J connectivity index is 1.63. The summed E-state index contributed by atoms with van der Waals surface area (Å²) in [4.78, 5) is 2.46. The summed E-state index contributed by atoms with van der Waals surface area (Å²) in [6, 6.07) is 0. The SMILES string of the molecule is CSC1CCN(CC(O)CC2CCCC2)CC1. The highest BCUT2D eigenvalue weighted by molar-refractivity contribution is 7.99. The van der Waals surface area contributed by atoms with Crippen LogP contribution in [0.5, 0.6) is 0 Å². The minimum Gasteiger partial charge on any atom is -0.392 e. The zero-order chi connectivity index (χ0) is 12.1. The summed E-state index contributed by atoms with van der Waals surface area (Å²) in [5.74, 6) is 0.814. The molecule has 2 nitrogen and oxygen atoms in total. The van der Waals surface area contributed by atoms with E-state index in [1.807, 2.05) is 11.8 Å². The molecule has 0 aromatic heterocycles. The summed E-state index contributed by atoms with van der Waals surface area (Å²) in [6.07, 6.45) is 11.3. The van der Waals surface area contributed by atoms with Crippen molar-refractivity contribution in [3.63, 3.8) is 0 Å². The Bertz CT molecular complexity index is 210. The average Bonchev–Trinajstić information content (AvgIpc) is 2.82. The number of rotatable bonds is 5. The van der Waals surface area contributed by atoms with Gasteiger partial charge in [0.1, 0.15) is 0 Å². The smallest absolute Gasteiger partial charge is 0.0669 e. The number of β-amino-alcohol motifs (C(OH)–C–C–N with tert-alkyl or cyclic N) is 1. The number of hydrogen-bond donors (Lipinski definition) is 1. The molecule has 1 N–H and O–H groups in total. The molecule has 3 heteroatoms. The lowest BCUT2D eigenvalue weighted by Gasteiger charge is -2.32. The van der Waals surface area contributed by atoms with Crippen LogP contribution in [0, 0.1) is 5.92 Å². The van der Waals surface area contributed by atoms with Gasteiger partial charge in [-0.2, -0.15) is 11.8 Å². The second-order valence-electron chi connectivity index (χ2n) is 5.78. The minimum atomic E-state index is -0.0797. The molecule has 2 aliphatic rings. The van der Waals surface area contributed by atoms with Gasteiger partial charge < -0.3 is 10.0 Å². The van der Waals surface area contributed by atoms with Crippen LogP contribution in [0.3, 0.4) is 0 Å². The van der Waals surface area contributed by atoms with Crippen LogP contribution in [-0.2, 0) is 0 Å². The number of aliphatic hydroxyl groups is 1. The van der Waals surface area contributed by atoms with Gasteiger partial charge in [0.2, 0.25) is 0 Å². The number of thioether (sulfide) groups is 1. The number of likely N-dealkylation sites (tertiary alicyclic amines) is 1. The molecule has 1 saturated carbocycles. The molecule has 0 aromatic rings. The Hall–Kier alpha value is 0.270. The van der Waals surface area contributed by atoms with Gasteiger partial charge in [-0.15, -0.1) is 0 Å². The predicted octanol–water partition coefficient (Wildman–Crippen LogP) is 2.76. The molecule has 100 valence electrons. The lowest BCUT2D eigenvalue weighted by molar-refractivity contribution is 0.0831. The fourth-order valence-corrected chi connectivity index (χ4v) is 4.01. The van der Waals surface area contributed by atoms with Crippen molar-refractivity contribution in [2.24, 2.45) is 5.92 Å². The van der Waals surface area contributed by atoms with E-state index in [2.05, 4.69) is 11.2 Å². The molecule has 0 radical (unpaired) electrons. The van der Waals surface area contributed by atoms with Crippen LogP contribution in [0.4, 0.5) is 0 Å². The van der Waals surface area contributed by atoms with E-state index in [4.69, 9.17) is 0 Å². The molecule has 1 unspecified atom stereocenters. The Morgan fingerprint density at radius 2 is 1.82 bits per heavy atom. The first-order valence-electron chi connectivity index (χ1n) is 7.21. The maximum atomic E-state index is 10.1. The Morgan fingerprint density at radius 3 is 2.41 bits per heavy atom. The topological polar surface area (TPSA) is 23.5 Å². The van der Waals surface area contributed by atoms with Crippen molar-refractivity contribution in [1.82, 2.24) is 4.90 Å². The van der Waals surface area contributed by atoms with Crippen LogP contribution in [0.25, 0.3) is 0 Å². The molecule has 1 saturated heterocycles. The maximum absolute atomic E-state index is 10.1. The zero-order valence-electron chi connectivity index (χ0n) is 11.1. The fraction of sp³-hybridized carbons (Fsp3) is 1.00. The lowest BCUT2D eigenvalue weighted by Crippen LogP contribution is -2.40. The highest BCUT2D eigenvalue weighted by Gasteiger charge is 2.23. The molecular formula is C14H27NOS. The largest absolute Gasteiger partial charge is 0.392 e. The van der Waals surface area contributed by atoms with E-state index in [-0.39, 0.29) is 6.10 Å². The van der Waals surface area contributed by atoms with Gasteiger partial charge in [0.25, 0.3) is 0 Å². The second kappa shape index (κ2) is 7.01. The van der Waals surface area contributed by atoms with Crippen molar-refractivity contribution in [3.8, 4) is 0 Å². The van der Waals surface area contributed by atoms with Gasteiger partial charge in [-0.3, -0.25) is 0 Å². The third kappa shape index (κ3) is 4.46. The van der Waals surface area contributed by atoms with Crippen molar-refractivity contribution in [2.45, 2.75) is 56.3 Å². The maximum Gasteiger partial charge on any atom is 0.0669 e. The molecule has 0 spiro atoms. The van der Waals surface area contributed by atoms with E-state index in [9.17, 15) is 5.11 Å². The van der Waals surface area contributed by atoms with Crippen LogP contribution >= 0.6 is 11.8 Å². The summed E-state index contributed by atoms with van der Waals surface area (Å²) in [5.41, 5.74) is 0. The van der Waals surface area contributed by atoms with Crippen molar-refractivity contribution < 1.29 is 5.11 Å². The first-order chi connectivity index (χ1) is 8.28. The van der Waals surface area contributed by atoms with Crippen molar-refractivity contribution in [2.75, 3.05) is 25.9 Å². The highest BCUT2D eigenvalue weighted by Crippen LogP contribution is 2.29. The Kier molecular flexibility index (Phi) is 5.64. The van der Waals surface area contributed by atoms with E-state index >= 15 is 0 Å². The molecule has 2 fully saturated rings. The van der Waals surface area contributed by atoms with Crippen LogP contribution in [-0.4, -0.2) is 47.3 Å². The third-order valence-corrected chi connectivity index (χ3v) is 5.56. The minimum absolute atomic E-state index is 0.0797. The first kappa shape index (κ1) is 13.7. The highest BCUT2D eigenvalue weighted by atomic mass is 32.2. The molecule has 0 bridgehead atoms. The van der Waals surface area contributed by atoms with Gasteiger partial charge in [-0.1, -0.05) is 25.7 Å². The second-order valence-corrected chi connectivity index (χ2v) is 6.91. The van der Waals surface area contributed by atoms with Crippen molar-refractivity contribution >= 4 is 11.8 Å². The van der Waals surface area contributed by atoms with Crippen LogP contribution in [0.15, 0.2) is 0 Å². The summed E-state index contributed by atoms with van der Waals surface area (Å²) in [5, 5.41) is 11.0. The van der Waals surface area contributed by atoms with Gasteiger partial charge in [-0.05, 0) is 44.5 Å². The number of nitrogens with zero attached hydrogens (tertiary/aromatic N) is 1. The Morgan fingerprint density at radius 1 is 1.18 bits per heavy atom. The van der Waals surface area contributed by atoms with Gasteiger partial charge in [-0.25, -0.2) is 0 Å². The van der Waals surface area contributed by atoms with Crippen LogP contribution in [0.2, 0.25) is 0 Å². The van der Waals surface area contributed by atoms with Crippen molar-refractivity contribution in [1.29, 1.82) is 0 Å². The zero-order valence-corrected chi connectivity index (χ0v) is 11.9. The molecule has 17 heavy (non-hydrogen) atoms. The lowest BCUT2D eigenvalue weighted by atomic mass is 9.99. The molecular weight excluding hydrogens is 230 g/mol. The number of aliphatic hydroxyl groups excluding tert-OH is 1. The predicted molar refractivity (Wildman–Crippen MR) is 75.6 cm³/mol. The average molecular weight is 257 g/mol. The standard InChI is InChI=1S/C14H27NOS/c1-17-14-6-8-15(9-7-14)11-13(16)10-12-4-2-3-5-12/h12-14,16H,2-11H2,1H3.